The van der Waals surface area contributed by atoms with Crippen LogP contribution in [-0.4, -0.2) is 9.97 Å². The Morgan fingerprint density at radius 2 is 1.74 bits per heavy atom. The fourth-order valence-electron chi connectivity index (χ4n) is 1.61. The van der Waals surface area contributed by atoms with Crippen LogP contribution in [0.15, 0.2) is 36.9 Å². The second-order valence-corrected chi connectivity index (χ2v) is 3.88. The molecule has 19 heavy (non-hydrogen) atoms. The zero-order chi connectivity index (χ0) is 14.0. The Labute approximate surface area is 106 Å². The van der Waals surface area contributed by atoms with E-state index in [0.29, 0.717) is 17.7 Å². The number of rotatable bonds is 2. The number of alkyl halides is 3. The maximum atomic E-state index is 13.6. The van der Waals surface area contributed by atoms with E-state index in [9.17, 15) is 17.6 Å². The first-order chi connectivity index (χ1) is 8.89. The Morgan fingerprint density at radius 1 is 1.11 bits per heavy atom. The molecule has 0 amide bonds. The van der Waals surface area contributed by atoms with Crippen molar-refractivity contribution in [1.82, 2.24) is 9.97 Å². The Morgan fingerprint density at radius 3 is 2.32 bits per heavy atom. The number of halogens is 4. The molecule has 0 spiro atoms. The van der Waals surface area contributed by atoms with Gasteiger partial charge >= 0.3 is 6.18 Å². The lowest BCUT2D eigenvalue weighted by Gasteiger charge is -2.15. The number of aromatic nitrogens is 2. The molecule has 7 heteroatoms. The van der Waals surface area contributed by atoms with Crippen molar-refractivity contribution in [2.45, 2.75) is 12.2 Å². The summed E-state index contributed by atoms with van der Waals surface area (Å²) in [6, 6.07) is 1.07. The fraction of sp³-hybridized carbons (Fsp3) is 0.167. The summed E-state index contributed by atoms with van der Waals surface area (Å²) in [5.74, 6) is -0.802. The average Bonchev–Trinajstić information content (AvgIpc) is 2.38. The van der Waals surface area contributed by atoms with Crippen molar-refractivity contribution in [1.29, 1.82) is 0 Å². The van der Waals surface area contributed by atoms with Crippen LogP contribution in [0.2, 0.25) is 0 Å². The number of nitrogens with two attached hydrogens (primary N) is 1. The first kappa shape index (κ1) is 13.4. The molecule has 0 aliphatic rings. The minimum Gasteiger partial charge on any atom is -0.320 e. The predicted octanol–water partition coefficient (Wildman–Crippen LogP) is 2.68. The zero-order valence-electron chi connectivity index (χ0n) is 9.53. The molecule has 2 rings (SSSR count). The van der Waals surface area contributed by atoms with Gasteiger partial charge in [0.2, 0.25) is 0 Å². The maximum Gasteiger partial charge on any atom is 0.416 e. The lowest BCUT2D eigenvalue weighted by molar-refractivity contribution is -0.137. The minimum atomic E-state index is -4.55. The van der Waals surface area contributed by atoms with Crippen molar-refractivity contribution in [3.05, 3.63) is 59.4 Å². The summed E-state index contributed by atoms with van der Waals surface area (Å²) in [7, 11) is 0. The van der Waals surface area contributed by atoms with Gasteiger partial charge in [-0.25, -0.2) is 14.4 Å². The van der Waals surface area contributed by atoms with Crippen molar-refractivity contribution in [3.8, 4) is 0 Å². The maximum absolute atomic E-state index is 13.6. The van der Waals surface area contributed by atoms with Crippen LogP contribution in [-0.2, 0) is 6.18 Å². The zero-order valence-corrected chi connectivity index (χ0v) is 9.53. The molecule has 100 valence electrons. The van der Waals surface area contributed by atoms with Crippen LogP contribution in [0, 0.1) is 5.82 Å². The summed E-state index contributed by atoms with van der Waals surface area (Å²) in [5.41, 5.74) is 4.88. The van der Waals surface area contributed by atoms with E-state index < -0.39 is 23.6 Å². The Bertz CT molecular complexity index is 569. The van der Waals surface area contributed by atoms with Crippen LogP contribution in [0.1, 0.15) is 22.7 Å². The van der Waals surface area contributed by atoms with Crippen LogP contribution in [0.25, 0.3) is 0 Å². The van der Waals surface area contributed by atoms with E-state index in [4.69, 9.17) is 5.73 Å². The van der Waals surface area contributed by atoms with Crippen LogP contribution < -0.4 is 5.73 Å². The molecule has 0 aliphatic carbocycles. The molecular formula is C12H9F4N3. The molecule has 1 unspecified atom stereocenters. The molecule has 0 fully saturated rings. The summed E-state index contributed by atoms with van der Waals surface area (Å²) >= 11 is 0. The standard InChI is InChI=1S/C12H9F4N3/c13-10-2-1-8(12(14,15)16)3-9(10)11(17)7-4-18-6-19-5-7/h1-6,11H,17H2. The molecule has 1 aromatic carbocycles. The normalized spacial score (nSPS) is 13.3. The molecule has 1 atom stereocenters. The molecular weight excluding hydrogens is 262 g/mol. The fourth-order valence-corrected chi connectivity index (χ4v) is 1.61. The Balaban J connectivity index is 2.45. The van der Waals surface area contributed by atoms with Gasteiger partial charge in [-0.05, 0) is 18.2 Å². The van der Waals surface area contributed by atoms with Gasteiger partial charge in [-0.15, -0.1) is 0 Å². The van der Waals surface area contributed by atoms with Crippen molar-refractivity contribution in [3.63, 3.8) is 0 Å². The van der Waals surface area contributed by atoms with Crippen LogP contribution in [0.5, 0.6) is 0 Å². The molecule has 0 saturated carbocycles. The molecule has 3 nitrogen and oxygen atoms in total. The summed E-state index contributed by atoms with van der Waals surface area (Å²) < 4.78 is 51.3. The lowest BCUT2D eigenvalue weighted by Crippen LogP contribution is -2.16. The van der Waals surface area contributed by atoms with Gasteiger partial charge in [-0.3, -0.25) is 0 Å². The van der Waals surface area contributed by atoms with E-state index in [1.165, 1.54) is 18.7 Å². The van der Waals surface area contributed by atoms with E-state index in [0.717, 1.165) is 6.07 Å². The summed E-state index contributed by atoms with van der Waals surface area (Å²) in [5, 5.41) is 0. The Hall–Kier alpha value is -2.02. The van der Waals surface area contributed by atoms with Gasteiger partial charge in [-0.1, -0.05) is 0 Å². The highest BCUT2D eigenvalue weighted by molar-refractivity contribution is 5.34. The van der Waals surface area contributed by atoms with Gasteiger partial charge in [0.25, 0.3) is 0 Å². The number of nitrogens with zero attached hydrogens (tertiary/aromatic N) is 2. The van der Waals surface area contributed by atoms with Gasteiger partial charge in [0.1, 0.15) is 12.1 Å². The summed E-state index contributed by atoms with van der Waals surface area (Å²) in [6.07, 6.45) is -0.636. The topological polar surface area (TPSA) is 51.8 Å². The van der Waals surface area contributed by atoms with E-state index in [1.807, 2.05) is 0 Å². The largest absolute Gasteiger partial charge is 0.416 e. The van der Waals surface area contributed by atoms with Crippen LogP contribution in [0.4, 0.5) is 17.6 Å². The molecule has 0 aliphatic heterocycles. The second-order valence-electron chi connectivity index (χ2n) is 3.88. The van der Waals surface area contributed by atoms with Crippen molar-refractivity contribution < 1.29 is 17.6 Å². The molecule has 1 aromatic heterocycles. The molecule has 1 heterocycles. The van der Waals surface area contributed by atoms with Gasteiger partial charge in [0.15, 0.2) is 0 Å². The van der Waals surface area contributed by atoms with E-state index in [-0.39, 0.29) is 5.56 Å². The van der Waals surface area contributed by atoms with Gasteiger partial charge in [0.05, 0.1) is 11.6 Å². The van der Waals surface area contributed by atoms with Crippen LogP contribution in [0.3, 0.4) is 0 Å². The summed E-state index contributed by atoms with van der Waals surface area (Å²) in [4.78, 5) is 7.39. The predicted molar refractivity (Wildman–Crippen MR) is 59.5 cm³/mol. The third-order valence-electron chi connectivity index (χ3n) is 2.60. The highest BCUT2D eigenvalue weighted by atomic mass is 19.4. The third-order valence-corrected chi connectivity index (χ3v) is 2.60. The summed E-state index contributed by atoms with van der Waals surface area (Å²) in [6.45, 7) is 0. The molecule has 0 radical (unpaired) electrons. The van der Waals surface area contributed by atoms with Crippen molar-refractivity contribution >= 4 is 0 Å². The smallest absolute Gasteiger partial charge is 0.320 e. The van der Waals surface area contributed by atoms with Crippen LogP contribution >= 0.6 is 0 Å². The third kappa shape index (κ3) is 2.87. The minimum absolute atomic E-state index is 0.246. The number of hydrogen-bond donors (Lipinski definition) is 1. The van der Waals surface area contributed by atoms with Crippen molar-refractivity contribution in [2.75, 3.05) is 0 Å². The average molecular weight is 271 g/mol. The molecule has 0 bridgehead atoms. The Kier molecular flexibility index (Phi) is 3.48. The SMILES string of the molecule is NC(c1cncnc1)c1cc(C(F)(F)F)ccc1F. The highest BCUT2D eigenvalue weighted by Crippen LogP contribution is 2.32. The van der Waals surface area contributed by atoms with E-state index in [2.05, 4.69) is 9.97 Å². The first-order valence-corrected chi connectivity index (χ1v) is 5.26. The van der Waals surface area contributed by atoms with E-state index in [1.54, 1.807) is 0 Å². The monoisotopic (exact) mass is 271 g/mol. The van der Waals surface area contributed by atoms with Crippen molar-refractivity contribution in [2.24, 2.45) is 5.73 Å². The number of hydrogen-bond acceptors (Lipinski definition) is 3. The quantitative estimate of drug-likeness (QED) is 0.854. The lowest BCUT2D eigenvalue weighted by atomic mass is 9.99. The first-order valence-electron chi connectivity index (χ1n) is 5.26. The number of benzene rings is 1. The molecule has 2 N–H and O–H groups in total. The van der Waals surface area contributed by atoms with Gasteiger partial charge < -0.3 is 5.73 Å². The molecule has 0 saturated heterocycles. The van der Waals surface area contributed by atoms with E-state index >= 15 is 0 Å². The highest BCUT2D eigenvalue weighted by Gasteiger charge is 2.31. The second kappa shape index (κ2) is 4.93. The van der Waals surface area contributed by atoms with Gasteiger partial charge in [0, 0.05) is 23.5 Å². The molecule has 2 aromatic rings. The van der Waals surface area contributed by atoms with Gasteiger partial charge in [-0.2, -0.15) is 13.2 Å².